The number of ether oxygens (including phenoxy) is 1. The van der Waals surface area contributed by atoms with Crippen LogP contribution in [0.4, 0.5) is 0 Å². The van der Waals surface area contributed by atoms with E-state index in [1.165, 1.54) is 42.1 Å². The van der Waals surface area contributed by atoms with Crippen molar-refractivity contribution in [1.29, 1.82) is 0 Å². The number of aromatic amines is 1. The van der Waals surface area contributed by atoms with E-state index in [2.05, 4.69) is 28.6 Å². The number of aromatic nitrogens is 1. The predicted molar refractivity (Wildman–Crippen MR) is 78.8 cm³/mol. The first kappa shape index (κ1) is 12.5. The van der Waals surface area contributed by atoms with Crippen LogP contribution in [0.15, 0.2) is 24.4 Å². The lowest BCUT2D eigenvalue weighted by Gasteiger charge is -2.11. The van der Waals surface area contributed by atoms with Gasteiger partial charge in [-0.15, -0.1) is 0 Å². The number of nitrogens with one attached hydrogen (secondary N) is 2. The van der Waals surface area contributed by atoms with E-state index < -0.39 is 0 Å². The zero-order valence-corrected chi connectivity index (χ0v) is 11.5. The molecule has 0 saturated heterocycles. The van der Waals surface area contributed by atoms with E-state index >= 15 is 0 Å². The van der Waals surface area contributed by atoms with Gasteiger partial charge in [-0.25, -0.2) is 0 Å². The van der Waals surface area contributed by atoms with E-state index in [9.17, 15) is 0 Å². The number of rotatable bonds is 5. The van der Waals surface area contributed by atoms with Gasteiger partial charge in [0.05, 0.1) is 7.11 Å². The molecule has 0 amide bonds. The maximum Gasteiger partial charge on any atom is 0.119 e. The molecule has 3 nitrogen and oxygen atoms in total. The van der Waals surface area contributed by atoms with E-state index in [1.54, 1.807) is 7.11 Å². The molecule has 0 bridgehead atoms. The molecule has 102 valence electrons. The summed E-state index contributed by atoms with van der Waals surface area (Å²) in [5.41, 5.74) is 2.57. The molecule has 1 aromatic carbocycles. The first-order valence-electron chi connectivity index (χ1n) is 7.24. The summed E-state index contributed by atoms with van der Waals surface area (Å²) in [5.74, 6) is 0.928. The van der Waals surface area contributed by atoms with Crippen molar-refractivity contribution in [1.82, 2.24) is 10.3 Å². The average Bonchev–Trinajstić information content (AvgIpc) is 3.08. The van der Waals surface area contributed by atoms with Crippen molar-refractivity contribution in [2.75, 3.05) is 13.7 Å². The SMILES string of the molecule is COc1ccc2[nH]cc(CCNC3CCCC3)c2c1. The van der Waals surface area contributed by atoms with Gasteiger partial charge in [0.1, 0.15) is 5.75 Å². The molecule has 0 aliphatic heterocycles. The third-order valence-corrected chi connectivity index (χ3v) is 4.16. The van der Waals surface area contributed by atoms with Gasteiger partial charge >= 0.3 is 0 Å². The lowest BCUT2D eigenvalue weighted by atomic mass is 10.1. The molecule has 2 aromatic rings. The van der Waals surface area contributed by atoms with Crippen molar-refractivity contribution >= 4 is 10.9 Å². The van der Waals surface area contributed by atoms with Crippen molar-refractivity contribution in [3.8, 4) is 5.75 Å². The first-order chi connectivity index (χ1) is 9.36. The van der Waals surface area contributed by atoms with Gasteiger partial charge in [-0.05, 0) is 49.6 Å². The summed E-state index contributed by atoms with van der Waals surface area (Å²) in [4.78, 5) is 3.33. The molecular weight excluding hydrogens is 236 g/mol. The zero-order chi connectivity index (χ0) is 13.1. The molecule has 2 N–H and O–H groups in total. The van der Waals surface area contributed by atoms with Crippen molar-refractivity contribution in [3.05, 3.63) is 30.0 Å². The molecule has 1 heterocycles. The van der Waals surface area contributed by atoms with Gasteiger partial charge in [-0.3, -0.25) is 0 Å². The monoisotopic (exact) mass is 258 g/mol. The summed E-state index contributed by atoms with van der Waals surface area (Å²) in [7, 11) is 1.72. The summed E-state index contributed by atoms with van der Waals surface area (Å²) in [6.45, 7) is 1.06. The van der Waals surface area contributed by atoms with Crippen molar-refractivity contribution < 1.29 is 4.74 Å². The van der Waals surface area contributed by atoms with Gasteiger partial charge in [0.15, 0.2) is 0 Å². The minimum absolute atomic E-state index is 0.750. The topological polar surface area (TPSA) is 37.0 Å². The van der Waals surface area contributed by atoms with Gasteiger partial charge in [0, 0.05) is 23.1 Å². The Hall–Kier alpha value is -1.48. The number of fused-ring (bicyclic) bond motifs is 1. The zero-order valence-electron chi connectivity index (χ0n) is 11.5. The first-order valence-corrected chi connectivity index (χ1v) is 7.24. The standard InChI is InChI=1S/C16H22N2O/c1-19-14-6-7-16-15(10-14)12(11-18-16)8-9-17-13-4-2-3-5-13/h6-7,10-11,13,17-18H,2-5,8-9H2,1H3. The summed E-state index contributed by atoms with van der Waals surface area (Å²) >= 11 is 0. The Balaban J connectivity index is 1.66. The Labute approximate surface area is 114 Å². The van der Waals surface area contributed by atoms with E-state index in [4.69, 9.17) is 4.74 Å². The second-order valence-corrected chi connectivity index (χ2v) is 5.41. The lowest BCUT2D eigenvalue weighted by Crippen LogP contribution is -2.27. The van der Waals surface area contributed by atoms with Gasteiger partial charge in [0.2, 0.25) is 0 Å². The molecular formula is C16H22N2O. The number of hydrogen-bond donors (Lipinski definition) is 2. The smallest absolute Gasteiger partial charge is 0.119 e. The summed E-state index contributed by atoms with van der Waals surface area (Å²) < 4.78 is 5.30. The van der Waals surface area contributed by atoms with E-state index in [-0.39, 0.29) is 0 Å². The normalized spacial score (nSPS) is 16.3. The molecule has 0 spiro atoms. The fraction of sp³-hybridized carbons (Fsp3) is 0.500. The van der Waals surface area contributed by atoms with Crippen molar-refractivity contribution in [2.24, 2.45) is 0 Å². The van der Waals surface area contributed by atoms with Gasteiger partial charge in [-0.2, -0.15) is 0 Å². The van der Waals surface area contributed by atoms with Crippen molar-refractivity contribution in [2.45, 2.75) is 38.1 Å². The molecule has 0 radical (unpaired) electrons. The molecule has 19 heavy (non-hydrogen) atoms. The van der Waals surface area contributed by atoms with E-state index in [0.717, 1.165) is 24.8 Å². The Kier molecular flexibility index (Phi) is 3.74. The van der Waals surface area contributed by atoms with Crippen LogP contribution < -0.4 is 10.1 Å². The summed E-state index contributed by atoms with van der Waals surface area (Å²) in [5, 5.41) is 4.95. The van der Waals surface area contributed by atoms with Crippen LogP contribution in [0.1, 0.15) is 31.2 Å². The number of hydrogen-bond acceptors (Lipinski definition) is 2. The molecule has 1 saturated carbocycles. The van der Waals surface area contributed by atoms with Crippen LogP contribution in [-0.4, -0.2) is 24.7 Å². The van der Waals surface area contributed by atoms with Crippen LogP contribution in [0.2, 0.25) is 0 Å². The molecule has 1 aliphatic carbocycles. The van der Waals surface area contributed by atoms with Crippen LogP contribution in [0.5, 0.6) is 5.75 Å². The Bertz CT molecular complexity index is 541. The molecule has 1 aliphatic rings. The summed E-state index contributed by atoms with van der Waals surface area (Å²) in [6.07, 6.45) is 8.68. The fourth-order valence-corrected chi connectivity index (χ4v) is 3.03. The minimum atomic E-state index is 0.750. The molecule has 3 heteroatoms. The molecule has 1 aromatic heterocycles. The van der Waals surface area contributed by atoms with Gasteiger partial charge in [0.25, 0.3) is 0 Å². The Morgan fingerprint density at radius 2 is 2.16 bits per heavy atom. The second-order valence-electron chi connectivity index (χ2n) is 5.41. The largest absolute Gasteiger partial charge is 0.497 e. The molecule has 1 fully saturated rings. The lowest BCUT2D eigenvalue weighted by molar-refractivity contribution is 0.415. The van der Waals surface area contributed by atoms with E-state index in [0.29, 0.717) is 0 Å². The fourth-order valence-electron chi connectivity index (χ4n) is 3.03. The highest BCUT2D eigenvalue weighted by molar-refractivity contribution is 5.84. The number of H-pyrrole nitrogens is 1. The molecule has 0 unspecified atom stereocenters. The maximum atomic E-state index is 5.30. The summed E-state index contributed by atoms with van der Waals surface area (Å²) in [6, 6.07) is 6.96. The predicted octanol–water partition coefficient (Wildman–Crippen LogP) is 3.25. The number of benzene rings is 1. The van der Waals surface area contributed by atoms with Crippen LogP contribution in [0, 0.1) is 0 Å². The Morgan fingerprint density at radius 1 is 1.32 bits per heavy atom. The van der Waals surface area contributed by atoms with Crippen LogP contribution in [0.25, 0.3) is 10.9 Å². The van der Waals surface area contributed by atoms with Crippen LogP contribution in [0.3, 0.4) is 0 Å². The minimum Gasteiger partial charge on any atom is -0.497 e. The highest BCUT2D eigenvalue weighted by Gasteiger charge is 2.13. The third kappa shape index (κ3) is 2.76. The second kappa shape index (κ2) is 5.66. The highest BCUT2D eigenvalue weighted by Crippen LogP contribution is 2.24. The van der Waals surface area contributed by atoms with Gasteiger partial charge < -0.3 is 15.0 Å². The van der Waals surface area contributed by atoms with Crippen molar-refractivity contribution in [3.63, 3.8) is 0 Å². The highest BCUT2D eigenvalue weighted by atomic mass is 16.5. The third-order valence-electron chi connectivity index (χ3n) is 4.16. The maximum absolute atomic E-state index is 5.30. The van der Waals surface area contributed by atoms with Crippen LogP contribution >= 0.6 is 0 Å². The van der Waals surface area contributed by atoms with Crippen LogP contribution in [-0.2, 0) is 6.42 Å². The average molecular weight is 258 g/mol. The van der Waals surface area contributed by atoms with Gasteiger partial charge in [-0.1, -0.05) is 12.8 Å². The van der Waals surface area contributed by atoms with E-state index in [1.807, 2.05) is 6.07 Å². The number of methoxy groups -OCH3 is 1. The molecule has 0 atom stereocenters. The molecule has 3 rings (SSSR count). The quantitative estimate of drug-likeness (QED) is 0.863. The Morgan fingerprint density at radius 3 is 2.95 bits per heavy atom.